The van der Waals surface area contributed by atoms with Crippen molar-refractivity contribution in [3.8, 4) is 5.75 Å². The summed E-state index contributed by atoms with van der Waals surface area (Å²) in [6.45, 7) is 0.222. The molecule has 2 bridgehead atoms. The van der Waals surface area contributed by atoms with Crippen LogP contribution in [0, 0.1) is 5.92 Å². The van der Waals surface area contributed by atoms with Gasteiger partial charge < -0.3 is 4.90 Å². The number of imide groups is 1. The van der Waals surface area contributed by atoms with Gasteiger partial charge >= 0.3 is 0 Å². The lowest BCUT2D eigenvalue weighted by Crippen LogP contribution is -2.73. The number of nitrogens with one attached hydrogen (secondary N) is 1. The molecule has 3 fully saturated rings. The van der Waals surface area contributed by atoms with E-state index in [2.05, 4.69) is 10.3 Å². The molecule has 1 N–H and O–H groups in total. The van der Waals surface area contributed by atoms with E-state index < -0.39 is 11.4 Å². The quantitative estimate of drug-likeness (QED) is 0.814. The van der Waals surface area contributed by atoms with E-state index in [0.29, 0.717) is 24.0 Å². The number of hydrogen-bond donors (Lipinski definition) is 1. The Hall–Kier alpha value is -2.44. The topological polar surface area (TPSA) is 75.7 Å². The summed E-state index contributed by atoms with van der Waals surface area (Å²) in [6, 6.07) is 4.31. The fourth-order valence-electron chi connectivity index (χ4n) is 3.49. The van der Waals surface area contributed by atoms with E-state index in [0.717, 1.165) is 0 Å². The summed E-state index contributed by atoms with van der Waals surface area (Å²) >= 11 is 0. The first-order chi connectivity index (χ1) is 10.0. The van der Waals surface area contributed by atoms with Gasteiger partial charge in [-0.3, -0.25) is 24.6 Å². The van der Waals surface area contributed by atoms with Crippen molar-refractivity contribution in [3.63, 3.8) is 0 Å². The number of rotatable bonds is 2. The number of halogens is 1. The predicted molar refractivity (Wildman–Crippen MR) is 66.7 cm³/mol. The van der Waals surface area contributed by atoms with E-state index in [-0.39, 0.29) is 30.0 Å². The molecular weight excluding hydrogens is 279 g/mol. The van der Waals surface area contributed by atoms with Crippen LogP contribution in [0.1, 0.15) is 28.8 Å². The number of hydrogen-bond acceptors (Lipinski definition) is 4. The largest absolute Gasteiger partial charge is 0.319 e. The molecule has 0 radical (unpaired) electrons. The molecule has 5 rings (SSSR count). The molecule has 1 saturated carbocycles. The molecule has 108 valence electrons. The number of benzene rings is 1. The van der Waals surface area contributed by atoms with E-state index in [9.17, 15) is 18.9 Å². The average molecular weight is 290 g/mol. The third-order valence-corrected chi connectivity index (χ3v) is 4.68. The maximum absolute atomic E-state index is 12.5. The Morgan fingerprint density at radius 1 is 1.29 bits per heavy atom. The predicted octanol–water partition coefficient (Wildman–Crippen LogP) is 0.711. The lowest BCUT2D eigenvalue weighted by Gasteiger charge is -2.53. The van der Waals surface area contributed by atoms with Crippen LogP contribution in [0.2, 0.25) is 0 Å². The second kappa shape index (κ2) is 3.81. The summed E-state index contributed by atoms with van der Waals surface area (Å²) in [7, 11) is 0. The summed E-state index contributed by atoms with van der Waals surface area (Å²) in [5.41, 5.74) is 0.127. The van der Waals surface area contributed by atoms with Gasteiger partial charge in [0.2, 0.25) is 5.91 Å². The minimum absolute atomic E-state index is 0.0238. The van der Waals surface area contributed by atoms with Crippen molar-refractivity contribution < 1.29 is 23.9 Å². The van der Waals surface area contributed by atoms with Crippen molar-refractivity contribution in [1.82, 2.24) is 10.2 Å². The molecule has 0 unspecified atom stereocenters. The highest BCUT2D eigenvalue weighted by Crippen LogP contribution is 2.48. The van der Waals surface area contributed by atoms with Gasteiger partial charge in [0.1, 0.15) is 5.54 Å². The van der Waals surface area contributed by atoms with E-state index in [4.69, 9.17) is 0 Å². The highest BCUT2D eigenvalue weighted by atomic mass is 19.3. The Bertz CT molecular complexity index is 696. The van der Waals surface area contributed by atoms with E-state index in [1.807, 2.05) is 0 Å². The summed E-state index contributed by atoms with van der Waals surface area (Å²) in [6.07, 6.45) is 0.730. The van der Waals surface area contributed by atoms with Crippen LogP contribution in [0.5, 0.6) is 5.75 Å². The van der Waals surface area contributed by atoms with Crippen LogP contribution in [-0.2, 0) is 16.1 Å². The number of nitrogens with zero attached hydrogens (tertiary/aromatic N) is 1. The lowest BCUT2D eigenvalue weighted by atomic mass is 9.63. The second-order valence-corrected chi connectivity index (χ2v) is 5.74. The first-order valence-corrected chi connectivity index (χ1v) is 6.64. The standard InChI is InChI=1S/C14H11FN2O4/c15-21-9-1-2-10-7(3-9)6-17(12(10)19)14-4-8(5-14)11(18)16-13(14)20/h1-3,8H,4-6H2,(H,16,18,20). The molecule has 4 aliphatic rings. The third-order valence-electron chi connectivity index (χ3n) is 4.68. The Balaban J connectivity index is 1.69. The van der Waals surface area contributed by atoms with Crippen molar-refractivity contribution >= 4 is 17.7 Å². The lowest BCUT2D eigenvalue weighted by molar-refractivity contribution is -0.160. The first-order valence-electron chi connectivity index (χ1n) is 6.64. The maximum Gasteiger partial charge on any atom is 0.255 e. The highest BCUT2D eigenvalue weighted by Gasteiger charge is 2.62. The Kier molecular flexibility index (Phi) is 2.23. The van der Waals surface area contributed by atoms with Gasteiger partial charge in [-0.2, -0.15) is 0 Å². The summed E-state index contributed by atoms with van der Waals surface area (Å²) in [4.78, 5) is 41.3. The Morgan fingerprint density at radius 2 is 2.05 bits per heavy atom. The number of fused-ring (bicyclic) bond motifs is 3. The van der Waals surface area contributed by atoms with Crippen LogP contribution in [0.15, 0.2) is 18.2 Å². The molecule has 1 aliphatic carbocycles. The minimum atomic E-state index is -0.939. The van der Waals surface area contributed by atoms with E-state index in [1.54, 1.807) is 0 Å². The van der Waals surface area contributed by atoms with Gasteiger partial charge in [0.25, 0.3) is 11.8 Å². The van der Waals surface area contributed by atoms with Crippen LogP contribution in [0.25, 0.3) is 0 Å². The number of carbonyl (C=O) groups excluding carboxylic acids is 3. The van der Waals surface area contributed by atoms with Gasteiger partial charge in [-0.25, -0.2) is 0 Å². The van der Waals surface area contributed by atoms with Crippen molar-refractivity contribution in [2.75, 3.05) is 0 Å². The summed E-state index contributed by atoms with van der Waals surface area (Å²) in [5, 5.41) is 2.31. The van der Waals surface area contributed by atoms with Crippen molar-refractivity contribution in [1.29, 1.82) is 0 Å². The molecule has 6 nitrogen and oxygen atoms in total. The molecule has 2 saturated heterocycles. The molecule has 3 amide bonds. The van der Waals surface area contributed by atoms with Crippen LogP contribution in [-0.4, -0.2) is 28.2 Å². The SMILES string of the molecule is O=C1NC(=O)C2(N3Cc4cc(OF)ccc4C3=O)CC1C2. The molecule has 0 aromatic heterocycles. The average Bonchev–Trinajstić information content (AvgIpc) is 2.74. The number of amides is 3. The van der Waals surface area contributed by atoms with Gasteiger partial charge in [-0.15, -0.1) is 0 Å². The molecule has 0 atom stereocenters. The van der Waals surface area contributed by atoms with Crippen LogP contribution >= 0.6 is 0 Å². The van der Waals surface area contributed by atoms with Gasteiger partial charge in [0, 0.05) is 22.6 Å². The fourth-order valence-corrected chi connectivity index (χ4v) is 3.49. The zero-order chi connectivity index (χ0) is 14.8. The Labute approximate surface area is 118 Å². The normalized spacial score (nSPS) is 29.9. The van der Waals surface area contributed by atoms with Crippen molar-refractivity contribution in [2.45, 2.75) is 24.9 Å². The molecule has 1 aromatic rings. The Morgan fingerprint density at radius 3 is 2.71 bits per heavy atom. The van der Waals surface area contributed by atoms with Gasteiger partial charge in [0.05, 0.1) is 0 Å². The van der Waals surface area contributed by atoms with E-state index >= 15 is 0 Å². The summed E-state index contributed by atoms with van der Waals surface area (Å²) in [5.74, 6) is -1.13. The van der Waals surface area contributed by atoms with Crippen molar-refractivity contribution in [3.05, 3.63) is 29.3 Å². The molecular formula is C14H11FN2O4. The van der Waals surface area contributed by atoms with Crippen LogP contribution in [0.4, 0.5) is 4.53 Å². The van der Waals surface area contributed by atoms with E-state index in [1.165, 1.54) is 23.1 Å². The summed E-state index contributed by atoms with van der Waals surface area (Å²) < 4.78 is 12.2. The molecule has 21 heavy (non-hydrogen) atoms. The van der Waals surface area contributed by atoms with Crippen molar-refractivity contribution in [2.24, 2.45) is 5.92 Å². The molecule has 0 spiro atoms. The van der Waals surface area contributed by atoms with Gasteiger partial charge in [-0.05, 0) is 36.6 Å². The van der Waals surface area contributed by atoms with Gasteiger partial charge in [0.15, 0.2) is 5.75 Å². The minimum Gasteiger partial charge on any atom is -0.319 e. The first kappa shape index (κ1) is 12.3. The van der Waals surface area contributed by atoms with Crippen LogP contribution < -0.4 is 10.3 Å². The monoisotopic (exact) mass is 290 g/mol. The zero-order valence-corrected chi connectivity index (χ0v) is 10.9. The molecule has 3 heterocycles. The number of piperidine rings is 2. The molecule has 7 heteroatoms. The fraction of sp³-hybridized carbons (Fsp3) is 0.357. The van der Waals surface area contributed by atoms with Gasteiger partial charge in [-0.1, -0.05) is 0 Å². The maximum atomic E-state index is 12.5. The number of carbonyl (C=O) groups is 3. The van der Waals surface area contributed by atoms with Crippen LogP contribution in [0.3, 0.4) is 0 Å². The molecule has 1 aromatic carbocycles. The molecule has 3 aliphatic heterocycles. The smallest absolute Gasteiger partial charge is 0.255 e. The highest BCUT2D eigenvalue weighted by molar-refractivity contribution is 6.10. The zero-order valence-electron chi connectivity index (χ0n) is 10.9. The third kappa shape index (κ3) is 1.43. The second-order valence-electron chi connectivity index (χ2n) is 5.74.